The predicted molar refractivity (Wildman–Crippen MR) is 77.9 cm³/mol. The van der Waals surface area contributed by atoms with Gasteiger partial charge < -0.3 is 5.73 Å². The highest BCUT2D eigenvalue weighted by Crippen LogP contribution is 2.26. The van der Waals surface area contributed by atoms with Crippen LogP contribution in [-0.2, 0) is 14.8 Å². The molecule has 1 aromatic rings. The number of nitrogens with two attached hydrogens (primary N) is 1. The van der Waals surface area contributed by atoms with E-state index in [0.29, 0.717) is 12.8 Å². The molecule has 1 fully saturated rings. The van der Waals surface area contributed by atoms with Crippen LogP contribution in [0.25, 0.3) is 6.08 Å². The van der Waals surface area contributed by atoms with Crippen LogP contribution in [0.5, 0.6) is 0 Å². The first-order chi connectivity index (χ1) is 9.48. The molecule has 108 valence electrons. The lowest BCUT2D eigenvalue weighted by Crippen LogP contribution is -2.41. The van der Waals surface area contributed by atoms with Crippen molar-refractivity contribution in [3.63, 3.8) is 0 Å². The molecule has 5 nitrogen and oxygen atoms in total. The van der Waals surface area contributed by atoms with Crippen LogP contribution in [0.1, 0.15) is 24.8 Å². The zero-order valence-electron chi connectivity index (χ0n) is 11.0. The van der Waals surface area contributed by atoms with E-state index in [9.17, 15) is 13.2 Å². The quantitative estimate of drug-likeness (QED) is 0.856. The molecule has 2 atom stereocenters. The molecule has 0 saturated heterocycles. The summed E-state index contributed by atoms with van der Waals surface area (Å²) in [6, 6.07) is 8.76. The van der Waals surface area contributed by atoms with Crippen molar-refractivity contribution in [1.82, 2.24) is 4.72 Å². The summed E-state index contributed by atoms with van der Waals surface area (Å²) in [6.45, 7) is 0. The second-order valence-electron chi connectivity index (χ2n) is 4.92. The lowest BCUT2D eigenvalue weighted by atomic mass is 10.0. The van der Waals surface area contributed by atoms with Crippen LogP contribution in [0.15, 0.2) is 35.7 Å². The molecule has 0 bridgehead atoms. The first-order valence-corrected chi connectivity index (χ1v) is 8.07. The molecule has 0 heterocycles. The number of rotatable bonds is 5. The third-order valence-electron chi connectivity index (χ3n) is 3.44. The minimum Gasteiger partial charge on any atom is -0.369 e. The third kappa shape index (κ3) is 3.91. The molecule has 1 aliphatic rings. The Kier molecular flexibility index (Phi) is 4.57. The maximum absolute atomic E-state index is 12.0. The lowest BCUT2D eigenvalue weighted by Gasteiger charge is -2.16. The molecule has 1 saturated carbocycles. The Bertz CT molecular complexity index is 596. The molecule has 6 heteroatoms. The van der Waals surface area contributed by atoms with Crippen LogP contribution in [0.2, 0.25) is 0 Å². The highest BCUT2D eigenvalue weighted by Gasteiger charge is 2.33. The highest BCUT2D eigenvalue weighted by atomic mass is 32.2. The minimum atomic E-state index is -3.57. The van der Waals surface area contributed by atoms with Crippen LogP contribution in [0.4, 0.5) is 0 Å². The summed E-state index contributed by atoms with van der Waals surface area (Å²) in [7, 11) is -3.57. The molecule has 3 N–H and O–H groups in total. The van der Waals surface area contributed by atoms with E-state index < -0.39 is 27.9 Å². The van der Waals surface area contributed by atoms with Gasteiger partial charge in [-0.05, 0) is 24.5 Å². The molecule has 0 aromatic heterocycles. The van der Waals surface area contributed by atoms with E-state index in [0.717, 1.165) is 17.4 Å². The average Bonchev–Trinajstić information content (AvgIpc) is 2.85. The van der Waals surface area contributed by atoms with Crippen molar-refractivity contribution in [2.75, 3.05) is 0 Å². The second-order valence-corrected chi connectivity index (χ2v) is 6.52. The molecule has 2 unspecified atom stereocenters. The molecule has 1 aromatic carbocycles. The van der Waals surface area contributed by atoms with Crippen LogP contribution in [-0.4, -0.2) is 20.4 Å². The Morgan fingerprint density at radius 1 is 1.25 bits per heavy atom. The van der Waals surface area contributed by atoms with Crippen molar-refractivity contribution in [1.29, 1.82) is 0 Å². The van der Waals surface area contributed by atoms with Gasteiger partial charge in [0.05, 0.1) is 5.92 Å². The fourth-order valence-electron chi connectivity index (χ4n) is 2.42. The largest absolute Gasteiger partial charge is 0.369 e. The van der Waals surface area contributed by atoms with E-state index in [2.05, 4.69) is 4.72 Å². The number of benzene rings is 1. The van der Waals surface area contributed by atoms with Crippen molar-refractivity contribution in [3.8, 4) is 0 Å². The van der Waals surface area contributed by atoms with Crippen LogP contribution in [0, 0.1) is 5.92 Å². The van der Waals surface area contributed by atoms with Crippen LogP contribution >= 0.6 is 0 Å². The van der Waals surface area contributed by atoms with Gasteiger partial charge >= 0.3 is 0 Å². The molecule has 1 aliphatic carbocycles. The smallest absolute Gasteiger partial charge is 0.234 e. The number of amides is 1. The summed E-state index contributed by atoms with van der Waals surface area (Å²) in [4.78, 5) is 11.2. The molecular weight excluding hydrogens is 276 g/mol. The van der Waals surface area contributed by atoms with E-state index in [4.69, 9.17) is 5.73 Å². The van der Waals surface area contributed by atoms with Crippen molar-refractivity contribution in [2.24, 2.45) is 11.7 Å². The summed E-state index contributed by atoms with van der Waals surface area (Å²) in [5.74, 6) is -0.850. The number of sulfonamides is 1. The first-order valence-electron chi connectivity index (χ1n) is 6.53. The van der Waals surface area contributed by atoms with Gasteiger partial charge in [0.25, 0.3) is 0 Å². The lowest BCUT2D eigenvalue weighted by molar-refractivity contribution is -0.122. The van der Waals surface area contributed by atoms with Crippen molar-refractivity contribution in [2.45, 2.75) is 25.3 Å². The SMILES string of the molecule is NC(=O)C1CCCC1NS(=O)(=O)C=Cc1ccccc1. The summed E-state index contributed by atoms with van der Waals surface area (Å²) < 4.78 is 26.5. The van der Waals surface area contributed by atoms with Gasteiger partial charge in [0.15, 0.2) is 0 Å². The Morgan fingerprint density at radius 3 is 2.60 bits per heavy atom. The zero-order valence-corrected chi connectivity index (χ0v) is 11.8. The van der Waals surface area contributed by atoms with E-state index in [1.807, 2.05) is 30.3 Å². The number of carbonyl (C=O) groups excluding carboxylic acids is 1. The summed E-state index contributed by atoms with van der Waals surface area (Å²) >= 11 is 0. The molecule has 20 heavy (non-hydrogen) atoms. The topological polar surface area (TPSA) is 89.3 Å². The van der Waals surface area contributed by atoms with Gasteiger partial charge in [-0.2, -0.15) is 0 Å². The molecular formula is C14H18N2O3S. The summed E-state index contributed by atoms with van der Waals surface area (Å²) in [5, 5.41) is 1.12. The second kappa shape index (κ2) is 6.19. The number of hydrogen-bond acceptors (Lipinski definition) is 3. The summed E-state index contributed by atoms with van der Waals surface area (Å²) in [6.07, 6.45) is 3.62. The van der Waals surface area contributed by atoms with E-state index in [1.54, 1.807) is 0 Å². The van der Waals surface area contributed by atoms with Gasteiger partial charge in [-0.15, -0.1) is 0 Å². The van der Waals surface area contributed by atoms with Gasteiger partial charge in [-0.25, -0.2) is 13.1 Å². The normalized spacial score (nSPS) is 23.2. The molecule has 0 spiro atoms. The monoisotopic (exact) mass is 294 g/mol. The number of hydrogen-bond donors (Lipinski definition) is 2. The predicted octanol–water partition coefficient (Wildman–Crippen LogP) is 1.23. The Balaban J connectivity index is 2.04. The Hall–Kier alpha value is -1.66. The number of nitrogens with one attached hydrogen (secondary N) is 1. The first kappa shape index (κ1) is 14.7. The van der Waals surface area contributed by atoms with Crippen LogP contribution < -0.4 is 10.5 Å². The maximum Gasteiger partial charge on any atom is 0.234 e. The van der Waals surface area contributed by atoms with Gasteiger partial charge in [0, 0.05) is 11.4 Å². The average molecular weight is 294 g/mol. The zero-order chi connectivity index (χ0) is 14.6. The van der Waals surface area contributed by atoms with Crippen molar-refractivity contribution < 1.29 is 13.2 Å². The Labute approximate surface area is 118 Å². The standard InChI is InChI=1S/C14H18N2O3S/c15-14(17)12-7-4-8-13(12)16-20(18,19)10-9-11-5-2-1-3-6-11/h1-3,5-6,9-10,12-13,16H,4,7-8H2,(H2,15,17). The van der Waals surface area contributed by atoms with E-state index >= 15 is 0 Å². The third-order valence-corrected chi connectivity index (χ3v) is 4.56. The van der Waals surface area contributed by atoms with Gasteiger partial charge in [-0.1, -0.05) is 36.8 Å². The number of carbonyl (C=O) groups is 1. The number of primary amides is 1. The fraction of sp³-hybridized carbons (Fsp3) is 0.357. The van der Waals surface area contributed by atoms with Gasteiger partial charge in [0.1, 0.15) is 0 Å². The Morgan fingerprint density at radius 2 is 1.95 bits per heavy atom. The summed E-state index contributed by atoms with van der Waals surface area (Å²) in [5.41, 5.74) is 6.08. The van der Waals surface area contributed by atoms with Gasteiger partial charge in [-0.3, -0.25) is 4.79 Å². The van der Waals surface area contributed by atoms with E-state index in [-0.39, 0.29) is 0 Å². The van der Waals surface area contributed by atoms with Crippen LogP contribution in [0.3, 0.4) is 0 Å². The maximum atomic E-state index is 12.0. The van der Waals surface area contributed by atoms with E-state index in [1.165, 1.54) is 6.08 Å². The minimum absolute atomic E-state index is 0.391. The molecule has 2 rings (SSSR count). The highest BCUT2D eigenvalue weighted by molar-refractivity contribution is 7.92. The molecule has 0 aliphatic heterocycles. The molecule has 0 radical (unpaired) electrons. The molecule has 1 amide bonds. The van der Waals surface area contributed by atoms with Gasteiger partial charge in [0.2, 0.25) is 15.9 Å². The van der Waals surface area contributed by atoms with Crippen molar-refractivity contribution in [3.05, 3.63) is 41.3 Å². The fourth-order valence-corrected chi connectivity index (χ4v) is 3.54. The van der Waals surface area contributed by atoms with Crippen molar-refractivity contribution >= 4 is 22.0 Å².